The van der Waals surface area contributed by atoms with E-state index < -0.39 is 0 Å². The predicted octanol–water partition coefficient (Wildman–Crippen LogP) is 3.71. The molecule has 0 bridgehead atoms. The van der Waals surface area contributed by atoms with E-state index in [1.54, 1.807) is 12.3 Å². The minimum absolute atomic E-state index is 0.0668. The van der Waals surface area contributed by atoms with Crippen LogP contribution in [0.15, 0.2) is 57.5 Å². The van der Waals surface area contributed by atoms with E-state index in [0.29, 0.717) is 12.3 Å². The zero-order chi connectivity index (χ0) is 17.5. The Morgan fingerprint density at radius 3 is 2.84 bits per heavy atom. The minimum Gasteiger partial charge on any atom is -0.467 e. The van der Waals surface area contributed by atoms with Crippen molar-refractivity contribution in [2.45, 2.75) is 23.8 Å². The molecule has 1 aromatic carbocycles. The summed E-state index contributed by atoms with van der Waals surface area (Å²) in [6, 6.07) is 13.6. The van der Waals surface area contributed by atoms with Crippen molar-refractivity contribution in [3.05, 3.63) is 60.1 Å². The fourth-order valence-electron chi connectivity index (χ4n) is 2.13. The number of anilines is 1. The first-order chi connectivity index (χ1) is 12.2. The van der Waals surface area contributed by atoms with Gasteiger partial charge in [0.25, 0.3) is 0 Å². The molecule has 2 aromatic heterocycles. The van der Waals surface area contributed by atoms with Crippen LogP contribution >= 0.6 is 23.1 Å². The molecule has 0 aliphatic heterocycles. The van der Waals surface area contributed by atoms with Gasteiger partial charge in [0.05, 0.1) is 18.1 Å². The fraction of sp³-hybridized carbons (Fsp3) is 0.235. The largest absolute Gasteiger partial charge is 0.467 e. The van der Waals surface area contributed by atoms with Gasteiger partial charge in [-0.3, -0.25) is 4.79 Å². The Balaban J connectivity index is 1.43. The van der Waals surface area contributed by atoms with Crippen LogP contribution in [0.4, 0.5) is 5.13 Å². The summed E-state index contributed by atoms with van der Waals surface area (Å²) in [5.74, 6) is 0.961. The summed E-state index contributed by atoms with van der Waals surface area (Å²) in [5.41, 5.74) is 1.18. The summed E-state index contributed by atoms with van der Waals surface area (Å²) >= 11 is 2.81. The van der Waals surface area contributed by atoms with E-state index in [1.165, 1.54) is 28.7 Å². The standard InChI is InChI=1S/C17H18N4O2S2/c1-12(14-8-5-9-23-14)19-15(22)11-24-17-21-20-16(25-17)18-10-13-6-3-2-4-7-13/h2-9,12H,10-11H2,1H3,(H,18,20)(H,19,22). The number of amides is 1. The van der Waals surface area contributed by atoms with Crippen molar-refractivity contribution in [3.63, 3.8) is 0 Å². The third kappa shape index (κ3) is 5.33. The van der Waals surface area contributed by atoms with Crippen LogP contribution < -0.4 is 10.6 Å². The average Bonchev–Trinajstić information content (AvgIpc) is 3.31. The molecular weight excluding hydrogens is 356 g/mol. The lowest BCUT2D eigenvalue weighted by molar-refractivity contribution is -0.119. The molecule has 0 aliphatic rings. The van der Waals surface area contributed by atoms with Crippen LogP contribution in [0.5, 0.6) is 0 Å². The minimum atomic E-state index is -0.152. The van der Waals surface area contributed by atoms with Gasteiger partial charge >= 0.3 is 0 Å². The third-order valence-corrected chi connectivity index (χ3v) is 5.38. The van der Waals surface area contributed by atoms with Crippen molar-refractivity contribution in [2.24, 2.45) is 0 Å². The van der Waals surface area contributed by atoms with Crippen molar-refractivity contribution < 1.29 is 9.21 Å². The molecule has 0 saturated carbocycles. The molecule has 3 rings (SSSR count). The quantitative estimate of drug-likeness (QED) is 0.585. The molecule has 1 unspecified atom stereocenters. The van der Waals surface area contributed by atoms with Gasteiger partial charge in [-0.1, -0.05) is 53.4 Å². The summed E-state index contributed by atoms with van der Waals surface area (Å²) in [4.78, 5) is 12.0. The number of carbonyl (C=O) groups is 1. The van der Waals surface area contributed by atoms with Crippen LogP contribution in [-0.2, 0) is 11.3 Å². The highest BCUT2D eigenvalue weighted by Crippen LogP contribution is 2.25. The Hall–Kier alpha value is -2.32. The number of nitrogens with one attached hydrogen (secondary N) is 2. The summed E-state index contributed by atoms with van der Waals surface area (Å²) < 4.78 is 6.04. The molecule has 0 aliphatic carbocycles. The molecule has 25 heavy (non-hydrogen) atoms. The number of benzene rings is 1. The smallest absolute Gasteiger partial charge is 0.231 e. The van der Waals surface area contributed by atoms with Crippen LogP contribution in [0.1, 0.15) is 24.3 Å². The SMILES string of the molecule is CC(NC(=O)CSc1nnc(NCc2ccccc2)s1)c1ccco1. The topological polar surface area (TPSA) is 80.0 Å². The summed E-state index contributed by atoms with van der Waals surface area (Å²) in [6.45, 7) is 2.58. The first-order valence-electron chi connectivity index (χ1n) is 7.77. The second kappa shape index (κ2) is 8.68. The second-order valence-electron chi connectivity index (χ2n) is 5.31. The van der Waals surface area contributed by atoms with E-state index >= 15 is 0 Å². The number of furan rings is 1. The van der Waals surface area contributed by atoms with Crippen molar-refractivity contribution in [1.82, 2.24) is 15.5 Å². The molecule has 2 heterocycles. The molecule has 1 amide bonds. The number of carbonyl (C=O) groups excluding carboxylic acids is 1. The van der Waals surface area contributed by atoms with Gasteiger partial charge in [-0.25, -0.2) is 0 Å². The number of hydrogen-bond donors (Lipinski definition) is 2. The summed E-state index contributed by atoms with van der Waals surface area (Å²) in [7, 11) is 0. The Labute approximate surface area is 154 Å². The van der Waals surface area contributed by atoms with E-state index in [1.807, 2.05) is 43.3 Å². The van der Waals surface area contributed by atoms with Gasteiger partial charge in [0.1, 0.15) is 5.76 Å². The highest BCUT2D eigenvalue weighted by atomic mass is 32.2. The van der Waals surface area contributed by atoms with Crippen LogP contribution in [0.25, 0.3) is 0 Å². The van der Waals surface area contributed by atoms with Gasteiger partial charge < -0.3 is 15.1 Å². The maximum absolute atomic E-state index is 12.0. The average molecular weight is 374 g/mol. The second-order valence-corrected chi connectivity index (χ2v) is 7.51. The van der Waals surface area contributed by atoms with Crippen molar-refractivity contribution in [3.8, 4) is 0 Å². The molecule has 0 radical (unpaired) electrons. The van der Waals surface area contributed by atoms with Gasteiger partial charge in [-0.15, -0.1) is 10.2 Å². The van der Waals surface area contributed by atoms with Gasteiger partial charge in [-0.05, 0) is 24.6 Å². The Bertz CT molecular complexity index is 790. The van der Waals surface area contributed by atoms with E-state index in [-0.39, 0.29) is 11.9 Å². The van der Waals surface area contributed by atoms with Crippen LogP contribution in [0.2, 0.25) is 0 Å². The zero-order valence-corrected chi connectivity index (χ0v) is 15.3. The Morgan fingerprint density at radius 2 is 2.08 bits per heavy atom. The third-order valence-electron chi connectivity index (χ3n) is 3.37. The number of thioether (sulfide) groups is 1. The highest BCUT2D eigenvalue weighted by molar-refractivity contribution is 8.01. The monoisotopic (exact) mass is 374 g/mol. The van der Waals surface area contributed by atoms with Crippen molar-refractivity contribution in [1.29, 1.82) is 0 Å². The van der Waals surface area contributed by atoms with Gasteiger partial charge in [0.15, 0.2) is 4.34 Å². The molecule has 6 nitrogen and oxygen atoms in total. The highest BCUT2D eigenvalue weighted by Gasteiger charge is 2.13. The molecule has 3 aromatic rings. The lowest BCUT2D eigenvalue weighted by atomic mass is 10.2. The molecule has 0 spiro atoms. The number of aromatic nitrogens is 2. The van der Waals surface area contributed by atoms with Gasteiger partial charge in [-0.2, -0.15) is 0 Å². The lowest BCUT2D eigenvalue weighted by Gasteiger charge is -2.10. The van der Waals surface area contributed by atoms with Crippen LogP contribution in [-0.4, -0.2) is 21.9 Å². The number of hydrogen-bond acceptors (Lipinski definition) is 7. The first-order valence-corrected chi connectivity index (χ1v) is 9.58. The molecule has 0 fully saturated rings. The van der Waals surface area contributed by atoms with Crippen molar-refractivity contribution in [2.75, 3.05) is 11.1 Å². The number of rotatable bonds is 8. The van der Waals surface area contributed by atoms with Crippen LogP contribution in [0.3, 0.4) is 0 Å². The van der Waals surface area contributed by atoms with E-state index in [9.17, 15) is 4.79 Å². The molecule has 8 heteroatoms. The number of nitrogens with zero attached hydrogens (tertiary/aromatic N) is 2. The zero-order valence-electron chi connectivity index (χ0n) is 13.6. The molecule has 130 valence electrons. The summed E-state index contributed by atoms with van der Waals surface area (Å²) in [5, 5.41) is 15.1. The van der Waals surface area contributed by atoms with Gasteiger partial charge in [0, 0.05) is 6.54 Å². The van der Waals surface area contributed by atoms with E-state index in [0.717, 1.165) is 15.2 Å². The fourth-order valence-corrected chi connectivity index (χ4v) is 3.69. The maximum atomic E-state index is 12.0. The molecule has 0 saturated heterocycles. The van der Waals surface area contributed by atoms with Crippen LogP contribution in [0, 0.1) is 0 Å². The Kier molecular flexibility index (Phi) is 6.08. The maximum Gasteiger partial charge on any atom is 0.231 e. The lowest BCUT2D eigenvalue weighted by Crippen LogP contribution is -2.27. The normalized spacial score (nSPS) is 11.9. The van der Waals surface area contributed by atoms with Gasteiger partial charge in [0.2, 0.25) is 11.0 Å². The molecular formula is C17H18N4O2S2. The molecule has 1 atom stereocenters. The summed E-state index contributed by atoms with van der Waals surface area (Å²) in [6.07, 6.45) is 1.60. The Morgan fingerprint density at radius 1 is 1.24 bits per heavy atom. The van der Waals surface area contributed by atoms with E-state index in [2.05, 4.69) is 20.8 Å². The first kappa shape index (κ1) is 17.5. The van der Waals surface area contributed by atoms with Crippen molar-refractivity contribution >= 4 is 34.1 Å². The predicted molar refractivity (Wildman–Crippen MR) is 99.7 cm³/mol. The van der Waals surface area contributed by atoms with E-state index in [4.69, 9.17) is 4.42 Å². The molecule has 2 N–H and O–H groups in total.